The molecule has 1 aliphatic rings. The molecule has 1 rings (SSSR count). The molecule has 5 atom stereocenters. The Bertz CT molecular complexity index is 530. The molecule has 0 aromatic carbocycles. The number of hydrogen-bond donors (Lipinski definition) is 5. The lowest BCUT2D eigenvalue weighted by molar-refractivity contribution is -0.0232. The fourth-order valence-corrected chi connectivity index (χ4v) is 4.97. The molecule has 0 amide bonds. The van der Waals surface area contributed by atoms with Crippen LogP contribution in [0.4, 0.5) is 0 Å². The third kappa shape index (κ3) is 8.31. The lowest BCUT2D eigenvalue weighted by Crippen LogP contribution is -2.26. The first-order valence-corrected chi connectivity index (χ1v) is 11.0. The van der Waals surface area contributed by atoms with Crippen LogP contribution in [0.5, 0.6) is 0 Å². The van der Waals surface area contributed by atoms with Crippen LogP contribution in [0.25, 0.3) is 0 Å². The molecule has 0 spiro atoms. The molecular weight excluding hydrogens is 381 g/mol. The molecule has 1 aliphatic heterocycles. The minimum absolute atomic E-state index is 0.246. The summed E-state index contributed by atoms with van der Waals surface area (Å²) in [5, 5.41) is 9.72. The van der Waals surface area contributed by atoms with Crippen LogP contribution < -0.4 is 0 Å². The number of phosphoric ester groups is 1. The van der Waals surface area contributed by atoms with Gasteiger partial charge >= 0.3 is 23.5 Å². The lowest BCUT2D eigenvalue weighted by Gasteiger charge is -2.19. The van der Waals surface area contributed by atoms with E-state index in [0.717, 1.165) is 6.42 Å². The Balaban J connectivity index is 2.54. The highest BCUT2D eigenvalue weighted by Gasteiger charge is 2.42. The Hall–Kier alpha value is 0.330. The van der Waals surface area contributed by atoms with Crippen LogP contribution in [-0.4, -0.2) is 49.6 Å². The van der Waals surface area contributed by atoms with Crippen molar-refractivity contribution in [3.05, 3.63) is 0 Å². The quantitative estimate of drug-likeness (QED) is 0.340. The van der Waals surface area contributed by atoms with Crippen molar-refractivity contribution in [1.82, 2.24) is 0 Å². The second-order valence-electron chi connectivity index (χ2n) is 4.78. The molecule has 0 saturated carbocycles. The van der Waals surface area contributed by atoms with E-state index in [2.05, 4.69) is 13.1 Å². The molecule has 15 heteroatoms. The van der Waals surface area contributed by atoms with Crippen LogP contribution in [0.15, 0.2) is 0 Å². The standard InChI is InChI=1S/C8H19O12P3/c1-2-3-6-4-7(9)8(18-6)5-17-22(13,14)20-23(15,16)19-21(10,11)12/h6-9H,2-5H2,1H3,(H,13,14)(H,15,16)(H2,10,11,12). The number of hydrogen-bond acceptors (Lipinski definition) is 8. The molecule has 0 aromatic rings. The molecule has 5 unspecified atom stereocenters. The molecule has 0 radical (unpaired) electrons. The van der Waals surface area contributed by atoms with Gasteiger partial charge in [-0.2, -0.15) is 8.62 Å². The maximum absolute atomic E-state index is 11.5. The van der Waals surface area contributed by atoms with Gasteiger partial charge in [-0.15, -0.1) is 0 Å². The van der Waals surface area contributed by atoms with Gasteiger partial charge in [0.15, 0.2) is 0 Å². The molecular formula is C8H19O12P3. The summed E-state index contributed by atoms with van der Waals surface area (Å²) in [5.41, 5.74) is 0. The Morgan fingerprint density at radius 2 is 1.70 bits per heavy atom. The second kappa shape index (κ2) is 8.14. The molecule has 0 aromatic heterocycles. The number of phosphoric acid groups is 3. The van der Waals surface area contributed by atoms with E-state index in [1.165, 1.54) is 0 Å². The number of rotatable bonds is 9. The van der Waals surface area contributed by atoms with Gasteiger partial charge in [0.05, 0.1) is 18.8 Å². The minimum Gasteiger partial charge on any atom is -0.390 e. The Morgan fingerprint density at radius 3 is 2.22 bits per heavy atom. The van der Waals surface area contributed by atoms with Gasteiger partial charge in [-0.05, 0) is 6.42 Å². The monoisotopic (exact) mass is 400 g/mol. The zero-order valence-electron chi connectivity index (χ0n) is 12.0. The molecule has 0 bridgehead atoms. The summed E-state index contributed by atoms with van der Waals surface area (Å²) in [7, 11) is -16.2. The molecule has 12 nitrogen and oxygen atoms in total. The van der Waals surface area contributed by atoms with E-state index in [4.69, 9.17) is 19.4 Å². The molecule has 1 heterocycles. The van der Waals surface area contributed by atoms with Crippen LogP contribution >= 0.6 is 23.5 Å². The predicted molar refractivity (Wildman–Crippen MR) is 74.0 cm³/mol. The highest BCUT2D eigenvalue weighted by molar-refractivity contribution is 7.66. The van der Waals surface area contributed by atoms with E-state index in [1.54, 1.807) is 0 Å². The van der Waals surface area contributed by atoms with Crippen LogP contribution in [0.3, 0.4) is 0 Å². The second-order valence-corrected chi connectivity index (χ2v) is 9.19. The highest BCUT2D eigenvalue weighted by Crippen LogP contribution is 2.66. The normalized spacial score (nSPS) is 30.8. The largest absolute Gasteiger partial charge is 0.490 e. The summed E-state index contributed by atoms with van der Waals surface area (Å²) in [4.78, 5) is 35.0. The maximum atomic E-state index is 11.5. The van der Waals surface area contributed by atoms with Gasteiger partial charge in [0.1, 0.15) is 6.10 Å². The summed E-state index contributed by atoms with van der Waals surface area (Å²) in [6.07, 6.45) is -0.374. The van der Waals surface area contributed by atoms with E-state index in [0.29, 0.717) is 12.8 Å². The van der Waals surface area contributed by atoms with Gasteiger partial charge in [-0.3, -0.25) is 4.52 Å². The van der Waals surface area contributed by atoms with Gasteiger partial charge in [0, 0.05) is 6.42 Å². The smallest absolute Gasteiger partial charge is 0.390 e. The van der Waals surface area contributed by atoms with Crippen molar-refractivity contribution in [2.45, 2.75) is 44.5 Å². The third-order valence-corrected chi connectivity index (χ3v) is 6.53. The summed E-state index contributed by atoms with van der Waals surface area (Å²) in [6.45, 7) is 1.28. The summed E-state index contributed by atoms with van der Waals surface area (Å²) in [5.74, 6) is 0. The zero-order chi connectivity index (χ0) is 17.9. The average Bonchev–Trinajstić information content (AvgIpc) is 2.63. The molecule has 5 N–H and O–H groups in total. The van der Waals surface area contributed by atoms with Gasteiger partial charge in [0.2, 0.25) is 0 Å². The number of aliphatic hydroxyl groups is 1. The van der Waals surface area contributed by atoms with Gasteiger partial charge in [0.25, 0.3) is 0 Å². The van der Waals surface area contributed by atoms with Crippen molar-refractivity contribution in [1.29, 1.82) is 0 Å². The maximum Gasteiger partial charge on any atom is 0.490 e. The Morgan fingerprint density at radius 1 is 1.09 bits per heavy atom. The third-order valence-electron chi connectivity index (χ3n) is 2.73. The Labute approximate surface area is 131 Å². The summed E-state index contributed by atoms with van der Waals surface area (Å²) < 4.78 is 50.0. The topological polar surface area (TPSA) is 189 Å². The van der Waals surface area contributed by atoms with Crippen LogP contribution in [0.2, 0.25) is 0 Å². The van der Waals surface area contributed by atoms with E-state index in [9.17, 15) is 23.7 Å². The molecule has 138 valence electrons. The van der Waals surface area contributed by atoms with E-state index in [-0.39, 0.29) is 6.10 Å². The zero-order valence-corrected chi connectivity index (χ0v) is 14.7. The minimum atomic E-state index is -5.54. The van der Waals surface area contributed by atoms with Gasteiger partial charge in [-0.25, -0.2) is 13.7 Å². The van der Waals surface area contributed by atoms with Gasteiger partial charge < -0.3 is 29.4 Å². The van der Waals surface area contributed by atoms with Crippen molar-refractivity contribution >= 4 is 23.5 Å². The molecule has 1 saturated heterocycles. The highest BCUT2D eigenvalue weighted by atomic mass is 31.3. The first-order valence-electron chi connectivity index (χ1n) is 6.45. The van der Waals surface area contributed by atoms with Crippen molar-refractivity contribution in [3.63, 3.8) is 0 Å². The van der Waals surface area contributed by atoms with Crippen molar-refractivity contribution in [2.24, 2.45) is 0 Å². The van der Waals surface area contributed by atoms with E-state index < -0.39 is 42.3 Å². The summed E-state index contributed by atoms with van der Waals surface area (Å²) >= 11 is 0. The molecule has 1 fully saturated rings. The number of ether oxygens (including phenoxy) is 1. The molecule has 23 heavy (non-hydrogen) atoms. The first kappa shape index (κ1) is 21.4. The van der Waals surface area contributed by atoms with Gasteiger partial charge in [-0.1, -0.05) is 13.3 Å². The van der Waals surface area contributed by atoms with E-state index in [1.807, 2.05) is 6.92 Å². The number of aliphatic hydroxyl groups excluding tert-OH is 1. The fourth-order valence-electron chi connectivity index (χ4n) is 1.94. The fraction of sp³-hybridized carbons (Fsp3) is 1.00. The predicted octanol–water partition coefficient (Wildman–Crippen LogP) is 0.648. The van der Waals surface area contributed by atoms with Crippen molar-refractivity contribution in [3.8, 4) is 0 Å². The Kier molecular flexibility index (Phi) is 7.56. The average molecular weight is 400 g/mol. The van der Waals surface area contributed by atoms with Crippen molar-refractivity contribution < 1.29 is 56.3 Å². The first-order chi connectivity index (χ1) is 10.3. The van der Waals surface area contributed by atoms with Crippen LogP contribution in [0.1, 0.15) is 26.2 Å². The molecule has 0 aliphatic carbocycles. The summed E-state index contributed by atoms with van der Waals surface area (Å²) in [6, 6.07) is 0. The van der Waals surface area contributed by atoms with Crippen LogP contribution in [0, 0.1) is 0 Å². The van der Waals surface area contributed by atoms with Crippen molar-refractivity contribution in [2.75, 3.05) is 6.61 Å². The van der Waals surface area contributed by atoms with E-state index >= 15 is 0 Å². The van der Waals surface area contributed by atoms with Crippen LogP contribution in [-0.2, 0) is 31.6 Å². The lowest BCUT2D eigenvalue weighted by atomic mass is 10.1. The SMILES string of the molecule is CCCC1CC(O)C(COP(=O)(O)OP(=O)(O)OP(=O)(O)O)O1.